The van der Waals surface area contributed by atoms with Crippen LogP contribution in [0.2, 0.25) is 0 Å². The first kappa shape index (κ1) is 10.8. The van der Waals surface area contributed by atoms with Gasteiger partial charge in [-0.25, -0.2) is 4.79 Å². The van der Waals surface area contributed by atoms with E-state index in [-0.39, 0.29) is 6.09 Å². The van der Waals surface area contributed by atoms with Gasteiger partial charge in [0.2, 0.25) is 0 Å². The van der Waals surface area contributed by atoms with E-state index in [2.05, 4.69) is 21.2 Å². The van der Waals surface area contributed by atoms with E-state index in [0.29, 0.717) is 17.3 Å². The molecule has 0 spiro atoms. The monoisotopic (exact) mass is 249 g/mol. The lowest BCUT2D eigenvalue weighted by Gasteiger charge is -2.19. The average Bonchev–Trinajstić information content (AvgIpc) is 2.58. The normalized spacial score (nSPS) is 26.8. The minimum Gasteiger partial charge on any atom is -0.444 e. The van der Waals surface area contributed by atoms with Gasteiger partial charge in [0.25, 0.3) is 0 Å². The molecule has 0 saturated heterocycles. The van der Waals surface area contributed by atoms with Gasteiger partial charge in [-0.3, -0.25) is 0 Å². The van der Waals surface area contributed by atoms with Gasteiger partial charge in [0.05, 0.1) is 0 Å². The third-order valence-electron chi connectivity index (χ3n) is 1.74. The molecule has 0 aromatic carbocycles. The van der Waals surface area contributed by atoms with Gasteiger partial charge in [0.15, 0.2) is 0 Å². The molecule has 0 unspecified atom stereocenters. The van der Waals surface area contributed by atoms with Crippen LogP contribution in [0, 0.1) is 5.92 Å². The molecule has 3 nitrogen and oxygen atoms in total. The predicted molar refractivity (Wildman–Crippen MR) is 55.1 cm³/mol. The van der Waals surface area contributed by atoms with Crippen molar-refractivity contribution < 1.29 is 9.53 Å². The summed E-state index contributed by atoms with van der Waals surface area (Å²) in [5.41, 5.74) is -0.401. The van der Waals surface area contributed by atoms with Crippen molar-refractivity contribution in [3.8, 4) is 0 Å². The maximum atomic E-state index is 11.1. The lowest BCUT2D eigenvalue weighted by molar-refractivity contribution is 0.0525. The number of hydrogen-bond donors (Lipinski definition) is 1. The number of amides is 1. The fourth-order valence-corrected chi connectivity index (χ4v) is 1.62. The molecule has 0 aliphatic heterocycles. The van der Waals surface area contributed by atoms with Crippen molar-refractivity contribution in [2.24, 2.45) is 5.92 Å². The SMILES string of the molecule is CC(C)(C)OC(=O)NC[C@@H]1C[C@@H]1Br. The maximum Gasteiger partial charge on any atom is 0.407 e. The van der Waals surface area contributed by atoms with Gasteiger partial charge in [-0.05, 0) is 33.1 Å². The molecule has 0 bridgehead atoms. The molecule has 4 heteroatoms. The highest BCUT2D eigenvalue weighted by molar-refractivity contribution is 9.09. The summed E-state index contributed by atoms with van der Waals surface area (Å²) in [7, 11) is 0. The molecule has 2 atom stereocenters. The minimum absolute atomic E-state index is 0.320. The van der Waals surface area contributed by atoms with Gasteiger partial charge in [0, 0.05) is 11.4 Å². The van der Waals surface area contributed by atoms with Crippen LogP contribution in [0.15, 0.2) is 0 Å². The Morgan fingerprint density at radius 2 is 2.15 bits per heavy atom. The van der Waals surface area contributed by atoms with Gasteiger partial charge in [0.1, 0.15) is 5.60 Å². The Balaban J connectivity index is 2.11. The second kappa shape index (κ2) is 3.86. The molecular weight excluding hydrogens is 234 g/mol. The second-order valence-corrected chi connectivity index (χ2v) is 5.57. The van der Waals surface area contributed by atoms with Crippen molar-refractivity contribution in [2.75, 3.05) is 6.54 Å². The Bertz CT molecular complexity index is 200. The van der Waals surface area contributed by atoms with Crippen LogP contribution in [0.5, 0.6) is 0 Å². The number of alkyl halides is 1. The molecule has 0 aromatic heterocycles. The summed E-state index contributed by atoms with van der Waals surface area (Å²) in [6.07, 6.45) is 0.828. The number of rotatable bonds is 2. The maximum absolute atomic E-state index is 11.1. The summed E-state index contributed by atoms with van der Waals surface area (Å²) in [6.45, 7) is 6.29. The smallest absolute Gasteiger partial charge is 0.407 e. The topological polar surface area (TPSA) is 38.3 Å². The first-order valence-corrected chi connectivity index (χ1v) is 5.41. The quantitative estimate of drug-likeness (QED) is 0.763. The molecular formula is C9H16BrNO2. The summed E-state index contributed by atoms with van der Waals surface area (Å²) in [6, 6.07) is 0. The average molecular weight is 250 g/mol. The van der Waals surface area contributed by atoms with Crippen LogP contribution in [0.3, 0.4) is 0 Å². The van der Waals surface area contributed by atoms with Crippen LogP contribution in [0.25, 0.3) is 0 Å². The molecule has 0 radical (unpaired) electrons. The number of nitrogens with one attached hydrogen (secondary N) is 1. The van der Waals surface area contributed by atoms with E-state index in [9.17, 15) is 4.79 Å². The van der Waals surface area contributed by atoms with Gasteiger partial charge in [-0.1, -0.05) is 15.9 Å². The van der Waals surface area contributed by atoms with E-state index in [1.807, 2.05) is 20.8 Å². The Labute approximate surface area is 87.3 Å². The first-order chi connectivity index (χ1) is 5.88. The molecule has 1 aliphatic carbocycles. The molecule has 76 valence electrons. The molecule has 13 heavy (non-hydrogen) atoms. The van der Waals surface area contributed by atoms with Crippen molar-refractivity contribution in [3.05, 3.63) is 0 Å². The third-order valence-corrected chi connectivity index (χ3v) is 2.87. The zero-order valence-corrected chi connectivity index (χ0v) is 9.85. The molecule has 1 amide bonds. The van der Waals surface area contributed by atoms with E-state index < -0.39 is 5.60 Å². The number of alkyl carbamates (subject to hydrolysis) is 1. The van der Waals surface area contributed by atoms with Crippen LogP contribution >= 0.6 is 15.9 Å². The second-order valence-electron chi connectivity index (χ2n) is 4.39. The number of hydrogen-bond acceptors (Lipinski definition) is 2. The van der Waals surface area contributed by atoms with Crippen molar-refractivity contribution in [3.63, 3.8) is 0 Å². The standard InChI is InChI=1S/C9H16BrNO2/c1-9(2,3)13-8(12)11-5-6-4-7(6)10/h6-7H,4-5H2,1-3H3,(H,11,12)/t6-,7-/m0/s1. The Morgan fingerprint density at radius 3 is 2.54 bits per heavy atom. The van der Waals surface area contributed by atoms with E-state index >= 15 is 0 Å². The summed E-state index contributed by atoms with van der Waals surface area (Å²) in [5.74, 6) is 0.590. The van der Waals surface area contributed by atoms with E-state index in [0.717, 1.165) is 6.42 Å². The number of halogens is 1. The zero-order valence-electron chi connectivity index (χ0n) is 8.26. The van der Waals surface area contributed by atoms with Crippen LogP contribution in [-0.4, -0.2) is 23.1 Å². The Hall–Kier alpha value is -0.250. The number of ether oxygens (including phenoxy) is 1. The highest BCUT2D eigenvalue weighted by Gasteiger charge is 2.34. The van der Waals surface area contributed by atoms with Gasteiger partial charge >= 0.3 is 6.09 Å². The summed E-state index contributed by atoms with van der Waals surface area (Å²) >= 11 is 3.47. The summed E-state index contributed by atoms with van der Waals surface area (Å²) < 4.78 is 5.09. The van der Waals surface area contributed by atoms with Crippen molar-refractivity contribution in [2.45, 2.75) is 37.6 Å². The van der Waals surface area contributed by atoms with Crippen molar-refractivity contribution >= 4 is 22.0 Å². The molecule has 1 rings (SSSR count). The highest BCUT2D eigenvalue weighted by Crippen LogP contribution is 2.36. The van der Waals surface area contributed by atoms with E-state index in [1.54, 1.807) is 0 Å². The van der Waals surface area contributed by atoms with Crippen molar-refractivity contribution in [1.29, 1.82) is 0 Å². The van der Waals surface area contributed by atoms with Crippen LogP contribution in [0.1, 0.15) is 27.2 Å². The highest BCUT2D eigenvalue weighted by atomic mass is 79.9. The molecule has 1 N–H and O–H groups in total. The predicted octanol–water partition coefficient (Wildman–Crippen LogP) is 2.29. The molecule has 1 saturated carbocycles. The van der Waals surface area contributed by atoms with Gasteiger partial charge in [-0.2, -0.15) is 0 Å². The first-order valence-electron chi connectivity index (χ1n) is 4.49. The van der Waals surface area contributed by atoms with Crippen LogP contribution in [0.4, 0.5) is 4.79 Å². The minimum atomic E-state index is -0.401. The zero-order chi connectivity index (χ0) is 10.1. The molecule has 1 aliphatic rings. The molecule has 0 heterocycles. The van der Waals surface area contributed by atoms with Crippen LogP contribution in [-0.2, 0) is 4.74 Å². The fraction of sp³-hybridized carbons (Fsp3) is 0.889. The van der Waals surface area contributed by atoms with Crippen LogP contribution < -0.4 is 5.32 Å². The summed E-state index contributed by atoms with van der Waals surface area (Å²) in [4.78, 5) is 11.7. The van der Waals surface area contributed by atoms with E-state index in [1.165, 1.54) is 0 Å². The Kier molecular flexibility index (Phi) is 3.22. The molecule has 1 fully saturated rings. The lowest BCUT2D eigenvalue weighted by atomic mass is 10.2. The van der Waals surface area contributed by atoms with E-state index in [4.69, 9.17) is 4.74 Å². The largest absolute Gasteiger partial charge is 0.444 e. The number of carbonyl (C=O) groups is 1. The summed E-state index contributed by atoms with van der Waals surface area (Å²) in [5, 5.41) is 2.74. The van der Waals surface area contributed by atoms with Gasteiger partial charge in [-0.15, -0.1) is 0 Å². The molecule has 0 aromatic rings. The Morgan fingerprint density at radius 1 is 1.62 bits per heavy atom. The lowest BCUT2D eigenvalue weighted by Crippen LogP contribution is -2.33. The van der Waals surface area contributed by atoms with Gasteiger partial charge < -0.3 is 10.1 Å². The third kappa shape index (κ3) is 4.50. The van der Waals surface area contributed by atoms with Crippen molar-refractivity contribution in [1.82, 2.24) is 5.32 Å². The fourth-order valence-electron chi connectivity index (χ4n) is 0.950. The number of carbonyl (C=O) groups excluding carboxylic acids is 1.